The molecule has 0 aliphatic heterocycles. The Morgan fingerprint density at radius 3 is 0.708 bits per heavy atom. The Morgan fingerprint density at radius 1 is 0.292 bits per heavy atom. The van der Waals surface area contributed by atoms with Crippen molar-refractivity contribution in [1.82, 2.24) is 0 Å². The molecule has 6 aromatic rings. The molecule has 0 heterocycles. The van der Waals surface area contributed by atoms with E-state index in [4.69, 9.17) is 0 Å². The third-order valence-corrected chi connectivity index (χ3v) is 17.9. The first-order valence-corrected chi connectivity index (χ1v) is 20.7. The maximum atomic E-state index is 2.44. The highest BCUT2D eigenvalue weighted by atomic mass is 32.3. The lowest BCUT2D eigenvalue weighted by molar-refractivity contribution is 0.589. The van der Waals surface area contributed by atoms with Gasteiger partial charge in [0.2, 0.25) is 0 Å². The molecule has 246 valence electrons. The van der Waals surface area contributed by atoms with Crippen molar-refractivity contribution in [3.05, 3.63) is 181 Å². The molecule has 0 bridgehead atoms. The van der Waals surface area contributed by atoms with Gasteiger partial charge >= 0.3 is 0 Å². The zero-order chi connectivity index (χ0) is 33.8. The van der Waals surface area contributed by atoms with Gasteiger partial charge < -0.3 is 0 Å². The maximum Gasteiger partial charge on any atom is -0.00183 e. The van der Waals surface area contributed by atoms with Crippen LogP contribution in [-0.2, 0) is 10.8 Å². The molecule has 0 aromatic heterocycles. The second-order valence-corrected chi connectivity index (χ2v) is 21.3. The van der Waals surface area contributed by atoms with Gasteiger partial charge in [0, 0.05) is 0 Å². The topological polar surface area (TPSA) is 0 Å². The standard InChI is InChI=1S/C46H50S2/c1-45(2,3)37-27-31-43(32-28-37)47(39-19-11-7-12-20-39,40-21-13-8-14-22-40)35-36-48(41-23-15-9-16-24-41,42-25-17-10-18-26-42)44-33-29-38(30-34-44)46(4,5)6/h7-34H,35-36H2,1-6H3. The third-order valence-electron chi connectivity index (χ3n) is 9.52. The first-order chi connectivity index (χ1) is 23.0. The Balaban J connectivity index is 1.62. The molecule has 48 heavy (non-hydrogen) atoms. The van der Waals surface area contributed by atoms with E-state index in [9.17, 15) is 0 Å². The van der Waals surface area contributed by atoms with Gasteiger partial charge in [-0.15, -0.1) is 0 Å². The zero-order valence-electron chi connectivity index (χ0n) is 29.4. The molecule has 0 aliphatic carbocycles. The Morgan fingerprint density at radius 2 is 0.500 bits per heavy atom. The molecule has 0 unspecified atom stereocenters. The fourth-order valence-electron chi connectivity index (χ4n) is 6.76. The highest BCUT2D eigenvalue weighted by Gasteiger charge is 2.37. The predicted molar refractivity (Wildman–Crippen MR) is 211 cm³/mol. The monoisotopic (exact) mass is 666 g/mol. The van der Waals surface area contributed by atoms with Gasteiger partial charge in [-0.2, -0.15) is 20.1 Å². The van der Waals surface area contributed by atoms with Crippen LogP contribution in [0.1, 0.15) is 52.7 Å². The largest absolute Gasteiger partial charge is 0.160 e. The lowest BCUT2D eigenvalue weighted by atomic mass is 9.87. The van der Waals surface area contributed by atoms with Crippen molar-refractivity contribution in [3.63, 3.8) is 0 Å². The zero-order valence-corrected chi connectivity index (χ0v) is 31.0. The summed E-state index contributed by atoms with van der Waals surface area (Å²) in [5.74, 6) is 2.05. The summed E-state index contributed by atoms with van der Waals surface area (Å²) in [5.41, 5.74) is 2.92. The van der Waals surface area contributed by atoms with E-state index in [1.165, 1.54) is 40.5 Å². The minimum absolute atomic E-state index is 0.0924. The number of benzene rings is 6. The maximum absolute atomic E-state index is 2.44. The Bertz CT molecular complexity index is 1660. The van der Waals surface area contributed by atoms with E-state index in [1.54, 1.807) is 0 Å². The van der Waals surface area contributed by atoms with Crippen molar-refractivity contribution in [3.8, 4) is 0 Å². The molecule has 0 amide bonds. The average molecular weight is 667 g/mol. The Kier molecular flexibility index (Phi) is 9.79. The van der Waals surface area contributed by atoms with E-state index >= 15 is 0 Å². The second kappa shape index (κ2) is 13.9. The first-order valence-electron chi connectivity index (χ1n) is 17.1. The summed E-state index contributed by atoms with van der Waals surface area (Å²) < 4.78 is 0. The molecule has 0 aliphatic rings. The highest BCUT2D eigenvalue weighted by Crippen LogP contribution is 2.74. The van der Waals surface area contributed by atoms with Crippen molar-refractivity contribution in [2.24, 2.45) is 0 Å². The van der Waals surface area contributed by atoms with Gasteiger partial charge in [-0.3, -0.25) is 0 Å². The second-order valence-electron chi connectivity index (χ2n) is 14.7. The Labute approximate surface area is 292 Å². The van der Waals surface area contributed by atoms with Crippen molar-refractivity contribution < 1.29 is 0 Å². The molecule has 6 rings (SSSR count). The molecule has 0 N–H and O–H groups in total. The summed E-state index contributed by atoms with van der Waals surface area (Å²) in [6, 6.07) is 64.7. The van der Waals surface area contributed by atoms with E-state index in [0.717, 1.165) is 11.5 Å². The fourth-order valence-corrected chi connectivity index (χ4v) is 15.5. The molecule has 0 nitrogen and oxygen atoms in total. The van der Waals surface area contributed by atoms with Gasteiger partial charge in [0.25, 0.3) is 0 Å². The van der Waals surface area contributed by atoms with Crippen LogP contribution in [0.2, 0.25) is 0 Å². The van der Waals surface area contributed by atoms with Gasteiger partial charge in [0.1, 0.15) is 0 Å². The molecular formula is C46H50S2. The quantitative estimate of drug-likeness (QED) is 0.144. The normalized spacial score (nSPS) is 13.2. The van der Waals surface area contributed by atoms with Crippen molar-refractivity contribution >= 4 is 20.1 Å². The number of hydrogen-bond donors (Lipinski definition) is 0. The van der Waals surface area contributed by atoms with Gasteiger partial charge in [-0.1, -0.05) is 139 Å². The van der Waals surface area contributed by atoms with Crippen LogP contribution in [0.25, 0.3) is 0 Å². The minimum Gasteiger partial charge on any atom is -0.160 e. The summed E-state index contributed by atoms with van der Waals surface area (Å²) in [6.07, 6.45) is 0. The summed E-state index contributed by atoms with van der Waals surface area (Å²) in [5, 5.41) is 0. The first kappa shape index (κ1) is 33.9. The molecular weight excluding hydrogens is 617 g/mol. The van der Waals surface area contributed by atoms with Crippen LogP contribution in [-0.4, -0.2) is 11.5 Å². The molecule has 2 heteroatoms. The van der Waals surface area contributed by atoms with E-state index in [2.05, 4.69) is 211 Å². The predicted octanol–water partition coefficient (Wildman–Crippen LogP) is 13.5. The smallest absolute Gasteiger partial charge is 0.00183 e. The molecule has 0 saturated carbocycles. The van der Waals surface area contributed by atoms with Crippen LogP contribution in [0.15, 0.2) is 199 Å². The van der Waals surface area contributed by atoms with E-state index < -0.39 is 20.1 Å². The number of hydrogen-bond acceptors (Lipinski definition) is 0. The third kappa shape index (κ3) is 6.66. The molecule has 0 fully saturated rings. The van der Waals surface area contributed by atoms with Crippen LogP contribution < -0.4 is 0 Å². The van der Waals surface area contributed by atoms with Crippen LogP contribution in [0.3, 0.4) is 0 Å². The van der Waals surface area contributed by atoms with Gasteiger partial charge in [0.15, 0.2) is 0 Å². The summed E-state index contributed by atoms with van der Waals surface area (Å²) in [4.78, 5) is 8.50. The van der Waals surface area contributed by atoms with E-state index in [1.807, 2.05) is 0 Å². The summed E-state index contributed by atoms with van der Waals surface area (Å²) in [6.45, 7) is 13.8. The van der Waals surface area contributed by atoms with Crippen LogP contribution >= 0.6 is 20.1 Å². The van der Waals surface area contributed by atoms with Crippen molar-refractivity contribution in [1.29, 1.82) is 0 Å². The fraction of sp³-hybridized carbons (Fsp3) is 0.217. The van der Waals surface area contributed by atoms with Gasteiger partial charge in [-0.05, 0) is 136 Å². The van der Waals surface area contributed by atoms with Crippen LogP contribution in [0, 0.1) is 0 Å². The van der Waals surface area contributed by atoms with Crippen molar-refractivity contribution in [2.75, 3.05) is 11.5 Å². The number of rotatable bonds is 9. The van der Waals surface area contributed by atoms with Gasteiger partial charge in [0.05, 0.1) is 0 Å². The van der Waals surface area contributed by atoms with Gasteiger partial charge in [-0.25, -0.2) is 0 Å². The van der Waals surface area contributed by atoms with Crippen LogP contribution in [0.4, 0.5) is 0 Å². The molecule has 0 spiro atoms. The van der Waals surface area contributed by atoms with E-state index in [0.29, 0.717) is 0 Å². The molecule has 0 radical (unpaired) electrons. The minimum atomic E-state index is -1.66. The molecule has 0 saturated heterocycles. The SMILES string of the molecule is CC(C)(C)c1ccc(S(CCS(c2ccccc2)(c2ccccc2)c2ccc(C(C)(C)C)cc2)(c2ccccc2)c2ccccc2)cc1. The molecule has 6 aromatic carbocycles. The van der Waals surface area contributed by atoms with Crippen LogP contribution in [0.5, 0.6) is 0 Å². The summed E-state index contributed by atoms with van der Waals surface area (Å²) in [7, 11) is -3.33. The lowest BCUT2D eigenvalue weighted by Crippen LogP contribution is -2.18. The lowest BCUT2D eigenvalue weighted by Gasteiger charge is -2.48. The average Bonchev–Trinajstić information content (AvgIpc) is 3.11. The highest BCUT2D eigenvalue weighted by molar-refractivity contribution is 8.37. The van der Waals surface area contributed by atoms with Crippen molar-refractivity contribution in [2.45, 2.75) is 81.7 Å². The summed E-state index contributed by atoms with van der Waals surface area (Å²) >= 11 is 0. The molecule has 0 atom stereocenters. The van der Waals surface area contributed by atoms with E-state index in [-0.39, 0.29) is 10.8 Å². The Hall–Kier alpha value is -3.98.